The molecular formula is C13H22N2O3S. The van der Waals surface area contributed by atoms with Gasteiger partial charge >= 0.3 is 5.97 Å². The van der Waals surface area contributed by atoms with E-state index in [0.717, 1.165) is 38.0 Å². The summed E-state index contributed by atoms with van der Waals surface area (Å²) in [6.07, 6.45) is 3.54. The van der Waals surface area contributed by atoms with Crippen LogP contribution in [0.2, 0.25) is 0 Å². The molecule has 5 nitrogen and oxygen atoms in total. The standard InChI is InChI=1S/C13H22N2O3S/c1-2-4-13(5-3-6-14-13)12(18)15-7-8-19-9-10(15)11(16)17/h10,14H,2-9H2,1H3,(H,16,17). The molecule has 0 aromatic heterocycles. The van der Waals surface area contributed by atoms with E-state index in [9.17, 15) is 14.7 Å². The molecule has 0 saturated carbocycles. The van der Waals surface area contributed by atoms with Crippen molar-refractivity contribution in [2.24, 2.45) is 0 Å². The number of amides is 1. The van der Waals surface area contributed by atoms with Crippen molar-refractivity contribution in [3.05, 3.63) is 0 Å². The Balaban J connectivity index is 2.17. The van der Waals surface area contributed by atoms with Crippen LogP contribution in [0.3, 0.4) is 0 Å². The number of hydrogen-bond donors (Lipinski definition) is 2. The maximum atomic E-state index is 12.8. The second-order valence-electron chi connectivity index (χ2n) is 5.29. The molecule has 2 fully saturated rings. The van der Waals surface area contributed by atoms with E-state index in [1.54, 1.807) is 16.7 Å². The number of rotatable bonds is 4. The minimum absolute atomic E-state index is 0.000417. The fourth-order valence-electron chi connectivity index (χ4n) is 3.06. The van der Waals surface area contributed by atoms with Gasteiger partial charge in [-0.1, -0.05) is 13.3 Å². The molecule has 2 unspecified atom stereocenters. The quantitative estimate of drug-likeness (QED) is 0.805. The van der Waals surface area contributed by atoms with Crippen LogP contribution in [-0.4, -0.2) is 58.1 Å². The molecule has 2 aliphatic rings. The zero-order valence-corrected chi connectivity index (χ0v) is 12.2. The molecular weight excluding hydrogens is 264 g/mol. The molecule has 2 heterocycles. The molecule has 1 amide bonds. The number of aliphatic carboxylic acids is 1. The third kappa shape index (κ3) is 2.89. The SMILES string of the molecule is CCCC1(C(=O)N2CCSCC2C(=O)O)CCCN1. The summed E-state index contributed by atoms with van der Waals surface area (Å²) in [6.45, 7) is 3.47. The third-order valence-electron chi connectivity index (χ3n) is 4.00. The Bertz CT molecular complexity index is 356. The van der Waals surface area contributed by atoms with E-state index < -0.39 is 17.6 Å². The zero-order chi connectivity index (χ0) is 13.9. The number of thioether (sulfide) groups is 1. The van der Waals surface area contributed by atoms with Crippen LogP contribution in [-0.2, 0) is 9.59 Å². The molecule has 6 heteroatoms. The molecule has 108 valence electrons. The van der Waals surface area contributed by atoms with Gasteiger partial charge in [-0.05, 0) is 25.8 Å². The minimum atomic E-state index is -0.884. The maximum absolute atomic E-state index is 12.8. The smallest absolute Gasteiger partial charge is 0.327 e. The maximum Gasteiger partial charge on any atom is 0.327 e. The molecule has 2 aliphatic heterocycles. The third-order valence-corrected chi connectivity index (χ3v) is 5.03. The highest BCUT2D eigenvalue weighted by atomic mass is 32.2. The van der Waals surface area contributed by atoms with E-state index in [0.29, 0.717) is 12.3 Å². The van der Waals surface area contributed by atoms with Gasteiger partial charge in [0.15, 0.2) is 0 Å². The van der Waals surface area contributed by atoms with Crippen LogP contribution >= 0.6 is 11.8 Å². The molecule has 0 aromatic carbocycles. The summed E-state index contributed by atoms with van der Waals surface area (Å²) in [5.41, 5.74) is -0.509. The Kier molecular flexibility index (Phi) is 4.73. The zero-order valence-electron chi connectivity index (χ0n) is 11.4. The molecule has 0 bridgehead atoms. The number of carboxylic acid groups (broad SMARTS) is 1. The number of carbonyl (C=O) groups excluding carboxylic acids is 1. The molecule has 0 aliphatic carbocycles. The number of nitrogens with one attached hydrogen (secondary N) is 1. The summed E-state index contributed by atoms with van der Waals surface area (Å²) in [5, 5.41) is 12.6. The lowest BCUT2D eigenvalue weighted by molar-refractivity contribution is -0.152. The molecule has 0 aromatic rings. The van der Waals surface area contributed by atoms with Crippen molar-refractivity contribution in [3.8, 4) is 0 Å². The lowest BCUT2D eigenvalue weighted by atomic mass is 9.89. The number of hydrogen-bond acceptors (Lipinski definition) is 4. The lowest BCUT2D eigenvalue weighted by Crippen LogP contribution is -2.61. The Morgan fingerprint density at radius 3 is 2.89 bits per heavy atom. The van der Waals surface area contributed by atoms with Crippen molar-refractivity contribution in [1.29, 1.82) is 0 Å². The molecule has 2 rings (SSSR count). The highest BCUT2D eigenvalue weighted by molar-refractivity contribution is 7.99. The van der Waals surface area contributed by atoms with Gasteiger partial charge in [0.2, 0.25) is 5.91 Å². The summed E-state index contributed by atoms with van der Waals surface area (Å²) in [4.78, 5) is 25.7. The van der Waals surface area contributed by atoms with E-state index in [1.807, 2.05) is 0 Å². The van der Waals surface area contributed by atoms with Crippen LogP contribution in [0.15, 0.2) is 0 Å². The van der Waals surface area contributed by atoms with Crippen LogP contribution in [0.25, 0.3) is 0 Å². The summed E-state index contributed by atoms with van der Waals surface area (Å²) in [6, 6.07) is -0.664. The highest BCUT2D eigenvalue weighted by Gasteiger charge is 2.46. The predicted octanol–water partition coefficient (Wildman–Crippen LogP) is 0.937. The van der Waals surface area contributed by atoms with Crippen molar-refractivity contribution >= 4 is 23.6 Å². The monoisotopic (exact) mass is 286 g/mol. The number of carboxylic acids is 1. The first-order valence-corrected chi connectivity index (χ1v) is 8.13. The van der Waals surface area contributed by atoms with Crippen LogP contribution in [0.4, 0.5) is 0 Å². The Hall–Kier alpha value is -0.750. The van der Waals surface area contributed by atoms with Crippen LogP contribution in [0.5, 0.6) is 0 Å². The van der Waals surface area contributed by atoms with Crippen LogP contribution in [0.1, 0.15) is 32.6 Å². The first-order chi connectivity index (χ1) is 9.10. The largest absolute Gasteiger partial charge is 0.480 e. The van der Waals surface area contributed by atoms with E-state index in [1.165, 1.54) is 0 Å². The normalized spacial score (nSPS) is 31.4. The molecule has 2 saturated heterocycles. The van der Waals surface area contributed by atoms with Crippen LogP contribution < -0.4 is 5.32 Å². The van der Waals surface area contributed by atoms with E-state index >= 15 is 0 Å². The van der Waals surface area contributed by atoms with E-state index in [4.69, 9.17) is 0 Å². The average Bonchev–Trinajstić information content (AvgIpc) is 2.88. The fraction of sp³-hybridized carbons (Fsp3) is 0.846. The number of nitrogens with zero attached hydrogens (tertiary/aromatic N) is 1. The fourth-order valence-corrected chi connectivity index (χ4v) is 4.10. The Morgan fingerprint density at radius 1 is 1.53 bits per heavy atom. The average molecular weight is 286 g/mol. The molecule has 2 N–H and O–H groups in total. The van der Waals surface area contributed by atoms with Gasteiger partial charge in [-0.2, -0.15) is 11.8 Å². The Labute approximate surface area is 118 Å². The number of carbonyl (C=O) groups is 2. The van der Waals surface area contributed by atoms with E-state index in [-0.39, 0.29) is 5.91 Å². The minimum Gasteiger partial charge on any atom is -0.480 e. The van der Waals surface area contributed by atoms with Crippen molar-refractivity contribution < 1.29 is 14.7 Å². The summed E-state index contributed by atoms with van der Waals surface area (Å²) < 4.78 is 0. The van der Waals surface area contributed by atoms with Crippen molar-refractivity contribution in [3.63, 3.8) is 0 Å². The second-order valence-corrected chi connectivity index (χ2v) is 6.44. The summed E-state index contributed by atoms with van der Waals surface area (Å²) >= 11 is 1.61. The summed E-state index contributed by atoms with van der Waals surface area (Å²) in [7, 11) is 0. The lowest BCUT2D eigenvalue weighted by Gasteiger charge is -2.39. The second kappa shape index (κ2) is 6.13. The highest BCUT2D eigenvalue weighted by Crippen LogP contribution is 2.29. The van der Waals surface area contributed by atoms with Crippen molar-refractivity contribution in [1.82, 2.24) is 10.2 Å². The molecule has 2 atom stereocenters. The van der Waals surface area contributed by atoms with Gasteiger partial charge in [-0.25, -0.2) is 4.79 Å². The van der Waals surface area contributed by atoms with Crippen molar-refractivity contribution in [2.75, 3.05) is 24.6 Å². The molecule has 0 spiro atoms. The first kappa shape index (κ1) is 14.7. The van der Waals surface area contributed by atoms with Gasteiger partial charge in [-0.3, -0.25) is 4.79 Å². The molecule has 19 heavy (non-hydrogen) atoms. The predicted molar refractivity (Wildman–Crippen MR) is 75.3 cm³/mol. The van der Waals surface area contributed by atoms with Gasteiger partial charge < -0.3 is 15.3 Å². The van der Waals surface area contributed by atoms with Crippen molar-refractivity contribution in [2.45, 2.75) is 44.2 Å². The van der Waals surface area contributed by atoms with Crippen LogP contribution in [0, 0.1) is 0 Å². The van der Waals surface area contributed by atoms with Gasteiger partial charge in [0.1, 0.15) is 6.04 Å². The topological polar surface area (TPSA) is 69.6 Å². The van der Waals surface area contributed by atoms with Gasteiger partial charge in [0.25, 0.3) is 0 Å². The van der Waals surface area contributed by atoms with Gasteiger partial charge in [0, 0.05) is 18.1 Å². The Morgan fingerprint density at radius 2 is 2.32 bits per heavy atom. The van der Waals surface area contributed by atoms with Gasteiger partial charge in [0.05, 0.1) is 5.54 Å². The summed E-state index contributed by atoms with van der Waals surface area (Å²) in [5.74, 6) is 0.450. The molecule has 0 radical (unpaired) electrons. The first-order valence-electron chi connectivity index (χ1n) is 6.97. The van der Waals surface area contributed by atoms with Gasteiger partial charge in [-0.15, -0.1) is 0 Å². The van der Waals surface area contributed by atoms with E-state index in [2.05, 4.69) is 12.2 Å².